The molecule has 0 saturated heterocycles. The lowest BCUT2D eigenvalue weighted by Gasteiger charge is -2.17. The van der Waals surface area contributed by atoms with Gasteiger partial charge in [0.1, 0.15) is 0 Å². The molecule has 0 aliphatic carbocycles. The first-order valence-electron chi connectivity index (χ1n) is 5.37. The third-order valence-corrected chi connectivity index (χ3v) is 2.51. The van der Waals surface area contributed by atoms with Crippen LogP contribution in [0, 0.1) is 0 Å². The summed E-state index contributed by atoms with van der Waals surface area (Å²) >= 11 is 0. The van der Waals surface area contributed by atoms with Gasteiger partial charge in [0.05, 0.1) is 25.5 Å². The predicted molar refractivity (Wildman–Crippen MR) is 60.6 cm³/mol. The van der Waals surface area contributed by atoms with E-state index in [-0.39, 0.29) is 35.7 Å². The van der Waals surface area contributed by atoms with E-state index in [4.69, 9.17) is 14.2 Å². The van der Waals surface area contributed by atoms with Crippen molar-refractivity contribution in [2.24, 2.45) is 0 Å². The minimum atomic E-state index is -0.729. The fourth-order valence-electron chi connectivity index (χ4n) is 1.63. The maximum Gasteiger partial charge on any atom is 0.311 e. The molecule has 1 N–H and O–H groups in total. The zero-order chi connectivity index (χ0) is 14.0. The van der Waals surface area contributed by atoms with Crippen LogP contribution in [-0.4, -0.2) is 30.4 Å². The summed E-state index contributed by atoms with van der Waals surface area (Å²) in [4.78, 5) is 33.9. The Bertz CT molecular complexity index is 562. The maximum atomic E-state index is 11.5. The first-order chi connectivity index (χ1) is 9.06. The molecule has 0 spiro atoms. The average Bonchev–Trinajstić information content (AvgIpc) is 2.39. The Morgan fingerprint density at radius 3 is 2.47 bits per heavy atom. The number of phenolic OH excluding ortho intramolecular Hbond substituents is 1. The Labute approximate surface area is 107 Å². The molecule has 2 bridgehead atoms. The van der Waals surface area contributed by atoms with Crippen molar-refractivity contribution in [3.8, 4) is 23.0 Å². The first-order valence-corrected chi connectivity index (χ1v) is 5.37. The summed E-state index contributed by atoms with van der Waals surface area (Å²) in [6, 6.07) is 1.11. The molecule has 3 rings (SSSR count). The van der Waals surface area contributed by atoms with Gasteiger partial charge in [-0.1, -0.05) is 0 Å². The summed E-state index contributed by atoms with van der Waals surface area (Å²) in [6.45, 7) is 0. The van der Waals surface area contributed by atoms with Crippen LogP contribution < -0.4 is 14.2 Å². The number of methoxy groups -OCH3 is 1. The van der Waals surface area contributed by atoms with Crippen LogP contribution in [0.25, 0.3) is 0 Å². The molecule has 100 valence electrons. The van der Waals surface area contributed by atoms with Gasteiger partial charge in [0.2, 0.25) is 11.5 Å². The average molecular weight is 266 g/mol. The number of fused-ring (bicyclic) bond motifs is 7. The van der Waals surface area contributed by atoms with Gasteiger partial charge in [0.25, 0.3) is 0 Å². The highest BCUT2D eigenvalue weighted by atomic mass is 16.6. The summed E-state index contributed by atoms with van der Waals surface area (Å²) in [5.74, 6) is -2.60. The van der Waals surface area contributed by atoms with E-state index >= 15 is 0 Å². The molecule has 0 fully saturated rings. The van der Waals surface area contributed by atoms with Gasteiger partial charge >= 0.3 is 11.9 Å². The van der Waals surface area contributed by atoms with E-state index in [1.807, 2.05) is 0 Å². The second-order valence-corrected chi connectivity index (χ2v) is 3.74. The second kappa shape index (κ2) is 4.97. The molecule has 1 aromatic carbocycles. The van der Waals surface area contributed by atoms with E-state index in [1.54, 1.807) is 0 Å². The molecule has 1 aromatic rings. The number of aldehydes is 1. The molecule has 7 heteroatoms. The Balaban J connectivity index is 2.69. The van der Waals surface area contributed by atoms with Crippen LogP contribution in [0.5, 0.6) is 23.0 Å². The third kappa shape index (κ3) is 2.35. The van der Waals surface area contributed by atoms with Crippen molar-refractivity contribution in [1.29, 1.82) is 0 Å². The van der Waals surface area contributed by atoms with Crippen molar-refractivity contribution in [2.75, 3.05) is 7.11 Å². The number of carbonyl (C=O) groups is 3. The minimum absolute atomic E-state index is 0.0623. The largest absolute Gasteiger partial charge is 0.502 e. The van der Waals surface area contributed by atoms with Crippen molar-refractivity contribution in [3.05, 3.63) is 11.6 Å². The second-order valence-electron chi connectivity index (χ2n) is 3.74. The minimum Gasteiger partial charge on any atom is -0.502 e. The van der Waals surface area contributed by atoms with Gasteiger partial charge in [-0.15, -0.1) is 0 Å². The molecule has 2 aliphatic heterocycles. The molecule has 2 heterocycles. The normalized spacial score (nSPS) is 14.6. The standard InChI is InChI=1S/C12H10O7/c1-17-12-10(16)7-4-6(5-13)11(12)19-9(15)3-2-8(14)18-7/h4-5,16H,2-3H2,1H3. The third-order valence-electron chi connectivity index (χ3n) is 2.51. The van der Waals surface area contributed by atoms with Crippen molar-refractivity contribution >= 4 is 18.2 Å². The van der Waals surface area contributed by atoms with Crippen molar-refractivity contribution in [2.45, 2.75) is 12.8 Å². The molecule has 0 radical (unpaired) electrons. The molecule has 2 aliphatic rings. The SMILES string of the molecule is COc1c(O)c2cc(C=O)c1OC(=O)CCC(=O)O2. The van der Waals surface area contributed by atoms with Gasteiger partial charge in [0, 0.05) is 0 Å². The monoisotopic (exact) mass is 266 g/mol. The van der Waals surface area contributed by atoms with Crippen LogP contribution in [0.4, 0.5) is 0 Å². The van der Waals surface area contributed by atoms with Gasteiger partial charge in [-0.05, 0) is 6.07 Å². The van der Waals surface area contributed by atoms with Gasteiger partial charge in [0.15, 0.2) is 17.8 Å². The van der Waals surface area contributed by atoms with Gasteiger partial charge in [-0.3, -0.25) is 14.4 Å². The number of carbonyl (C=O) groups excluding carboxylic acids is 3. The number of esters is 2. The molecule has 0 amide bonds. The van der Waals surface area contributed by atoms with E-state index < -0.39 is 17.7 Å². The zero-order valence-corrected chi connectivity index (χ0v) is 9.97. The summed E-state index contributed by atoms with van der Waals surface area (Å²) in [5.41, 5.74) is -0.0623. The molecule has 0 saturated carbocycles. The number of rotatable bonds is 2. The number of benzene rings is 1. The zero-order valence-electron chi connectivity index (χ0n) is 9.97. The lowest BCUT2D eigenvalue weighted by atomic mass is 10.1. The molecule has 7 nitrogen and oxygen atoms in total. The van der Waals surface area contributed by atoms with Gasteiger partial charge in [-0.25, -0.2) is 0 Å². The number of phenols is 1. The van der Waals surface area contributed by atoms with E-state index in [0.717, 1.165) is 6.07 Å². The smallest absolute Gasteiger partial charge is 0.311 e. The highest BCUT2D eigenvalue weighted by Crippen LogP contribution is 2.46. The Morgan fingerprint density at radius 2 is 1.89 bits per heavy atom. The summed E-state index contributed by atoms with van der Waals surface area (Å²) in [7, 11) is 1.22. The molecule has 19 heavy (non-hydrogen) atoms. The van der Waals surface area contributed by atoms with Gasteiger partial charge < -0.3 is 19.3 Å². The summed E-state index contributed by atoms with van der Waals surface area (Å²) < 4.78 is 14.7. The highest BCUT2D eigenvalue weighted by molar-refractivity contribution is 5.89. The van der Waals surface area contributed by atoms with Crippen LogP contribution in [0.2, 0.25) is 0 Å². The van der Waals surface area contributed by atoms with Crippen molar-refractivity contribution in [1.82, 2.24) is 0 Å². The molecular weight excluding hydrogens is 256 g/mol. The van der Waals surface area contributed by atoms with E-state index in [2.05, 4.69) is 0 Å². The van der Waals surface area contributed by atoms with Gasteiger partial charge in [-0.2, -0.15) is 0 Å². The molecule has 0 aromatic heterocycles. The first kappa shape index (κ1) is 12.9. The van der Waals surface area contributed by atoms with E-state index in [1.165, 1.54) is 7.11 Å². The van der Waals surface area contributed by atoms with E-state index in [0.29, 0.717) is 6.29 Å². The Hall–Kier alpha value is -2.57. The highest BCUT2D eigenvalue weighted by Gasteiger charge is 2.26. The summed E-state index contributed by atoms with van der Waals surface area (Å²) in [5, 5.41) is 9.87. The van der Waals surface area contributed by atoms with Crippen molar-refractivity contribution in [3.63, 3.8) is 0 Å². The summed E-state index contributed by atoms with van der Waals surface area (Å²) in [6.07, 6.45) is 0.0263. The Kier molecular flexibility index (Phi) is 3.37. The van der Waals surface area contributed by atoms with Crippen molar-refractivity contribution < 1.29 is 33.7 Å². The number of hydrogen-bond donors (Lipinski definition) is 1. The van der Waals surface area contributed by atoms with Crippen LogP contribution in [0.1, 0.15) is 23.2 Å². The number of hydrogen-bond acceptors (Lipinski definition) is 7. The quantitative estimate of drug-likeness (QED) is 0.480. The fourth-order valence-corrected chi connectivity index (χ4v) is 1.63. The van der Waals surface area contributed by atoms with Crippen LogP contribution in [-0.2, 0) is 9.59 Å². The fraction of sp³-hybridized carbons (Fsp3) is 0.250. The maximum absolute atomic E-state index is 11.5. The predicted octanol–water partition coefficient (Wildman–Crippen LogP) is 0.818. The lowest BCUT2D eigenvalue weighted by molar-refractivity contribution is -0.141. The molecular formula is C12H10O7. The van der Waals surface area contributed by atoms with Crippen LogP contribution >= 0.6 is 0 Å². The Morgan fingerprint density at radius 1 is 1.26 bits per heavy atom. The lowest BCUT2D eigenvalue weighted by Crippen LogP contribution is -2.17. The molecule has 0 atom stereocenters. The van der Waals surface area contributed by atoms with Crippen LogP contribution in [0.3, 0.4) is 0 Å². The molecule has 0 unspecified atom stereocenters. The number of aromatic hydroxyl groups is 1. The topological polar surface area (TPSA) is 99.1 Å². The van der Waals surface area contributed by atoms with Crippen LogP contribution in [0.15, 0.2) is 6.07 Å². The number of ether oxygens (including phenoxy) is 3. The van der Waals surface area contributed by atoms with E-state index in [9.17, 15) is 19.5 Å².